The van der Waals surface area contributed by atoms with E-state index >= 15 is 4.39 Å². The van der Waals surface area contributed by atoms with Crippen LogP contribution in [0.4, 0.5) is 10.3 Å². The summed E-state index contributed by atoms with van der Waals surface area (Å²) in [6.45, 7) is 6.32. The van der Waals surface area contributed by atoms with Gasteiger partial charge in [0.05, 0.1) is 10.5 Å². The van der Waals surface area contributed by atoms with E-state index in [9.17, 15) is 8.42 Å². The molecule has 0 amide bonds. The quantitative estimate of drug-likeness (QED) is 0.362. The van der Waals surface area contributed by atoms with Crippen LogP contribution in [-0.2, 0) is 16.4 Å². The van der Waals surface area contributed by atoms with Crippen molar-refractivity contribution in [2.24, 2.45) is 0 Å². The molecule has 0 atom stereocenters. The van der Waals surface area contributed by atoms with Gasteiger partial charge in [0.1, 0.15) is 11.6 Å². The predicted octanol–water partition coefficient (Wildman–Crippen LogP) is 5.05. The summed E-state index contributed by atoms with van der Waals surface area (Å²) < 4.78 is 48.1. The van der Waals surface area contributed by atoms with Gasteiger partial charge in [-0.15, -0.1) is 0 Å². The molecule has 8 nitrogen and oxygen atoms in total. The van der Waals surface area contributed by atoms with Crippen LogP contribution in [0.15, 0.2) is 30.6 Å². The minimum atomic E-state index is -3.24. The van der Waals surface area contributed by atoms with Crippen molar-refractivity contribution >= 4 is 43.1 Å². The Balaban J connectivity index is 1.22. The number of halogens is 1. The topological polar surface area (TPSA) is 88.5 Å². The zero-order chi connectivity index (χ0) is 26.7. The molecule has 1 aromatic carbocycles. The zero-order valence-corrected chi connectivity index (χ0v) is 23.5. The first-order valence-corrected chi connectivity index (χ1v) is 15.8. The first-order valence-electron chi connectivity index (χ1n) is 13.4. The van der Waals surface area contributed by atoms with Gasteiger partial charge >= 0.3 is 0 Å². The molecule has 1 fully saturated rings. The average molecular weight is 560 g/mol. The second-order valence-electron chi connectivity index (χ2n) is 9.88. The van der Waals surface area contributed by atoms with E-state index in [2.05, 4.69) is 26.8 Å². The lowest BCUT2D eigenvalue weighted by molar-refractivity contribution is 0.170. The SMILES string of the molecule is CCCc1cnc(N2CCC(Oc3nc4c(F)cc(C5=CCN(S(=O)(=O)CCC)CC5)cc4s3)CC2)nc1. The van der Waals surface area contributed by atoms with Crippen LogP contribution in [0, 0.1) is 5.82 Å². The Hall–Kier alpha value is -2.63. The molecule has 2 aliphatic heterocycles. The molecular weight excluding hydrogens is 525 g/mol. The number of piperidine rings is 1. The molecule has 0 bridgehead atoms. The van der Waals surface area contributed by atoms with Crippen LogP contribution in [0.3, 0.4) is 0 Å². The molecule has 204 valence electrons. The van der Waals surface area contributed by atoms with Crippen LogP contribution in [0.2, 0.25) is 0 Å². The molecule has 0 aliphatic carbocycles. The maximum Gasteiger partial charge on any atom is 0.274 e. The number of thiazole rings is 1. The van der Waals surface area contributed by atoms with Crippen LogP contribution in [0.1, 0.15) is 57.1 Å². The Morgan fingerprint density at radius 3 is 2.53 bits per heavy atom. The van der Waals surface area contributed by atoms with Crippen molar-refractivity contribution in [3.8, 4) is 5.19 Å². The Bertz CT molecular complexity index is 1400. The number of aryl methyl sites for hydroxylation is 1. The summed E-state index contributed by atoms with van der Waals surface area (Å²) in [7, 11) is -3.24. The Kier molecular flexibility index (Phi) is 8.25. The molecule has 38 heavy (non-hydrogen) atoms. The Labute approximate surface area is 227 Å². The highest BCUT2D eigenvalue weighted by molar-refractivity contribution is 7.89. The van der Waals surface area contributed by atoms with Gasteiger partial charge in [0.15, 0.2) is 5.82 Å². The molecule has 0 radical (unpaired) electrons. The lowest BCUT2D eigenvalue weighted by atomic mass is 10.00. The summed E-state index contributed by atoms with van der Waals surface area (Å²) in [5, 5.41) is 0.476. The van der Waals surface area contributed by atoms with Crippen molar-refractivity contribution in [3.63, 3.8) is 0 Å². The Morgan fingerprint density at radius 1 is 1.11 bits per heavy atom. The molecule has 5 rings (SSSR count). The smallest absolute Gasteiger partial charge is 0.274 e. The maximum absolute atomic E-state index is 15.0. The first-order chi connectivity index (χ1) is 18.4. The molecule has 0 spiro atoms. The number of hydrogen-bond donors (Lipinski definition) is 0. The van der Waals surface area contributed by atoms with Crippen molar-refractivity contribution in [1.82, 2.24) is 19.3 Å². The van der Waals surface area contributed by atoms with E-state index < -0.39 is 10.0 Å². The summed E-state index contributed by atoms with van der Waals surface area (Å²) in [5.74, 6) is 0.518. The largest absolute Gasteiger partial charge is 0.467 e. The van der Waals surface area contributed by atoms with Crippen LogP contribution >= 0.6 is 11.3 Å². The number of aromatic nitrogens is 3. The summed E-state index contributed by atoms with van der Waals surface area (Å²) in [4.78, 5) is 15.7. The molecule has 4 heterocycles. The second kappa shape index (κ2) is 11.6. The number of hydrogen-bond acceptors (Lipinski definition) is 8. The van der Waals surface area contributed by atoms with Gasteiger partial charge in [0.2, 0.25) is 16.0 Å². The van der Waals surface area contributed by atoms with Crippen molar-refractivity contribution in [3.05, 3.63) is 47.5 Å². The van der Waals surface area contributed by atoms with Gasteiger partial charge < -0.3 is 9.64 Å². The van der Waals surface area contributed by atoms with Crippen LogP contribution < -0.4 is 9.64 Å². The highest BCUT2D eigenvalue weighted by atomic mass is 32.2. The number of ether oxygens (including phenoxy) is 1. The maximum atomic E-state index is 15.0. The number of nitrogens with zero attached hydrogens (tertiary/aromatic N) is 5. The van der Waals surface area contributed by atoms with Gasteiger partial charge in [0, 0.05) is 51.4 Å². The standard InChI is InChI=1S/C27H34FN5O3S2/c1-3-5-19-17-29-26(30-18-19)32-10-8-22(9-11-32)36-27-31-25-23(28)15-21(16-24(25)37-27)20-6-12-33(13-7-20)38(34,35)14-4-2/h6,15-18,22H,3-5,7-14H2,1-2H3. The highest BCUT2D eigenvalue weighted by Gasteiger charge is 2.26. The second-order valence-corrected chi connectivity index (χ2v) is 13.0. The van der Waals surface area contributed by atoms with Crippen molar-refractivity contribution in [1.29, 1.82) is 0 Å². The lowest BCUT2D eigenvalue weighted by Crippen LogP contribution is -2.39. The number of benzene rings is 1. The molecular formula is C27H34FN5O3S2. The van der Waals surface area contributed by atoms with E-state index in [-0.39, 0.29) is 17.7 Å². The Morgan fingerprint density at radius 2 is 1.87 bits per heavy atom. The summed E-state index contributed by atoms with van der Waals surface area (Å²) >= 11 is 1.35. The van der Waals surface area contributed by atoms with Crippen LogP contribution in [0.5, 0.6) is 5.19 Å². The van der Waals surface area contributed by atoms with Crippen LogP contribution in [-0.4, -0.2) is 65.7 Å². The normalized spacial score (nSPS) is 17.7. The lowest BCUT2D eigenvalue weighted by Gasteiger charge is -2.31. The molecule has 0 N–H and O–H groups in total. The first kappa shape index (κ1) is 27.0. The number of anilines is 1. The summed E-state index contributed by atoms with van der Waals surface area (Å²) in [6.07, 6.45) is 10.5. The molecule has 3 aromatic rings. The van der Waals surface area contributed by atoms with Gasteiger partial charge in [0.25, 0.3) is 5.19 Å². The van der Waals surface area contributed by atoms with Gasteiger partial charge in [-0.05, 0) is 48.1 Å². The number of rotatable bonds is 9. The van der Waals surface area contributed by atoms with Crippen LogP contribution in [0.25, 0.3) is 15.8 Å². The van der Waals surface area contributed by atoms with E-state index in [0.29, 0.717) is 36.6 Å². The van der Waals surface area contributed by atoms with E-state index in [1.807, 2.05) is 31.5 Å². The molecule has 2 aliphatic rings. The molecule has 0 unspecified atom stereocenters. The van der Waals surface area contributed by atoms with Gasteiger partial charge in [-0.2, -0.15) is 9.29 Å². The van der Waals surface area contributed by atoms with Crippen molar-refractivity contribution in [2.75, 3.05) is 36.8 Å². The third kappa shape index (κ3) is 6.00. The summed E-state index contributed by atoms with van der Waals surface area (Å²) in [5.41, 5.74) is 3.20. The molecule has 11 heteroatoms. The van der Waals surface area contributed by atoms with E-state index in [1.165, 1.54) is 21.7 Å². The fourth-order valence-corrected chi connectivity index (χ4v) is 7.38. The third-order valence-corrected chi connectivity index (χ3v) is 9.99. The fourth-order valence-electron chi connectivity index (χ4n) is 5.00. The number of sulfonamides is 1. The van der Waals surface area contributed by atoms with Crippen molar-refractivity contribution in [2.45, 2.75) is 58.5 Å². The molecule has 0 saturated carbocycles. The van der Waals surface area contributed by atoms with E-state index in [1.54, 1.807) is 0 Å². The number of fused-ring (bicyclic) bond motifs is 1. The predicted molar refractivity (Wildman–Crippen MR) is 150 cm³/mol. The minimum Gasteiger partial charge on any atom is -0.467 e. The third-order valence-electron chi connectivity index (χ3n) is 7.05. The minimum absolute atomic E-state index is 0.00538. The zero-order valence-electron chi connectivity index (χ0n) is 21.9. The van der Waals surface area contributed by atoms with E-state index in [0.717, 1.165) is 66.1 Å². The molecule has 1 saturated heterocycles. The van der Waals surface area contributed by atoms with Gasteiger partial charge in [-0.1, -0.05) is 37.7 Å². The van der Waals surface area contributed by atoms with Gasteiger partial charge in [-0.3, -0.25) is 0 Å². The highest BCUT2D eigenvalue weighted by Crippen LogP contribution is 2.35. The fraction of sp³-hybridized carbons (Fsp3) is 0.519. The summed E-state index contributed by atoms with van der Waals surface area (Å²) in [6, 6.07) is 3.44. The van der Waals surface area contributed by atoms with Gasteiger partial charge in [-0.25, -0.2) is 22.8 Å². The van der Waals surface area contributed by atoms with E-state index in [4.69, 9.17) is 4.74 Å². The monoisotopic (exact) mass is 559 g/mol. The average Bonchev–Trinajstić information content (AvgIpc) is 3.33. The molecule has 2 aromatic heterocycles. The van der Waals surface area contributed by atoms with Crippen molar-refractivity contribution < 1.29 is 17.5 Å².